The quantitative estimate of drug-likeness (QED) is 0.728. The Hall–Kier alpha value is -2.47. The molecule has 0 saturated heterocycles. The molecular weight excluding hydrogens is 316 g/mol. The van der Waals surface area contributed by atoms with Crippen LogP contribution in [0.2, 0.25) is 0 Å². The second-order valence-corrected chi connectivity index (χ2v) is 6.46. The summed E-state index contributed by atoms with van der Waals surface area (Å²) in [5, 5.41) is 23.9. The highest BCUT2D eigenvalue weighted by Crippen LogP contribution is 2.25. The molecule has 132 valence electrons. The molecule has 1 heterocycles. The van der Waals surface area contributed by atoms with E-state index in [2.05, 4.69) is 20.8 Å². The number of hydrogen-bond donors (Lipinski definition) is 3. The fourth-order valence-electron chi connectivity index (χ4n) is 3.23. The van der Waals surface area contributed by atoms with E-state index in [9.17, 15) is 9.90 Å². The lowest BCUT2D eigenvalue weighted by molar-refractivity contribution is 0.102. The Bertz CT molecular complexity index is 676. The third kappa shape index (κ3) is 4.76. The number of carbonyl (C=O) groups is 1. The molecule has 0 unspecified atom stereocenters. The summed E-state index contributed by atoms with van der Waals surface area (Å²) in [5.74, 6) is 0.597. The van der Waals surface area contributed by atoms with Gasteiger partial charge < -0.3 is 15.7 Å². The van der Waals surface area contributed by atoms with Gasteiger partial charge in [-0.25, -0.2) is 0 Å². The van der Waals surface area contributed by atoms with E-state index in [4.69, 9.17) is 0 Å². The Morgan fingerprint density at radius 1 is 1.04 bits per heavy atom. The van der Waals surface area contributed by atoms with Gasteiger partial charge in [0, 0.05) is 24.3 Å². The van der Waals surface area contributed by atoms with Gasteiger partial charge in [-0.2, -0.15) is 0 Å². The maximum Gasteiger partial charge on any atom is 0.276 e. The topological polar surface area (TPSA) is 87.1 Å². The first-order valence-corrected chi connectivity index (χ1v) is 8.84. The summed E-state index contributed by atoms with van der Waals surface area (Å²) < 4.78 is 0. The average molecular weight is 340 g/mol. The molecule has 1 amide bonds. The van der Waals surface area contributed by atoms with Crippen LogP contribution in [0.15, 0.2) is 42.5 Å². The first-order chi connectivity index (χ1) is 12.3. The number of para-hydroxylation sites is 1. The summed E-state index contributed by atoms with van der Waals surface area (Å²) in [6.07, 6.45) is 5.56. The number of rotatable bonds is 5. The number of hydrogen-bond acceptors (Lipinski definition) is 5. The Balaban J connectivity index is 1.62. The van der Waals surface area contributed by atoms with Crippen molar-refractivity contribution in [3.63, 3.8) is 0 Å². The number of carbonyl (C=O) groups excluding carboxylic acids is 1. The fraction of sp³-hybridized carbons (Fsp3) is 0.421. The van der Waals surface area contributed by atoms with E-state index in [0.717, 1.165) is 31.4 Å². The van der Waals surface area contributed by atoms with Gasteiger partial charge in [0.05, 0.1) is 0 Å². The number of aliphatic hydroxyl groups excluding tert-OH is 1. The number of amides is 1. The third-order valence-electron chi connectivity index (χ3n) is 4.66. The highest BCUT2D eigenvalue weighted by molar-refractivity contribution is 6.02. The van der Waals surface area contributed by atoms with Crippen molar-refractivity contribution in [1.29, 1.82) is 0 Å². The van der Waals surface area contributed by atoms with Crippen molar-refractivity contribution in [2.75, 3.05) is 17.2 Å². The summed E-state index contributed by atoms with van der Waals surface area (Å²) >= 11 is 0. The van der Waals surface area contributed by atoms with E-state index in [1.807, 2.05) is 30.3 Å². The van der Waals surface area contributed by atoms with E-state index in [0.29, 0.717) is 5.82 Å². The summed E-state index contributed by atoms with van der Waals surface area (Å²) in [7, 11) is 0. The molecule has 1 fully saturated rings. The Morgan fingerprint density at radius 3 is 2.56 bits per heavy atom. The third-order valence-corrected chi connectivity index (χ3v) is 4.66. The van der Waals surface area contributed by atoms with Crippen LogP contribution in [0.5, 0.6) is 0 Å². The van der Waals surface area contributed by atoms with Gasteiger partial charge in [-0.1, -0.05) is 37.5 Å². The minimum absolute atomic E-state index is 0.183. The molecule has 1 aromatic heterocycles. The predicted octanol–water partition coefficient (Wildman–Crippen LogP) is 3.08. The van der Waals surface area contributed by atoms with Crippen LogP contribution in [0.4, 0.5) is 11.5 Å². The van der Waals surface area contributed by atoms with Crippen molar-refractivity contribution in [2.45, 2.75) is 38.1 Å². The zero-order valence-corrected chi connectivity index (χ0v) is 14.2. The highest BCUT2D eigenvalue weighted by atomic mass is 16.3. The van der Waals surface area contributed by atoms with Crippen LogP contribution >= 0.6 is 0 Å². The van der Waals surface area contributed by atoms with Crippen molar-refractivity contribution in [3.05, 3.63) is 48.2 Å². The molecule has 1 aromatic carbocycles. The molecule has 1 saturated carbocycles. The summed E-state index contributed by atoms with van der Waals surface area (Å²) in [6, 6.07) is 12.9. The van der Waals surface area contributed by atoms with Crippen LogP contribution in [0.3, 0.4) is 0 Å². The van der Waals surface area contributed by atoms with Crippen LogP contribution in [0.1, 0.15) is 42.6 Å². The predicted molar refractivity (Wildman–Crippen MR) is 97.5 cm³/mol. The van der Waals surface area contributed by atoms with Gasteiger partial charge in [0.25, 0.3) is 5.91 Å². The van der Waals surface area contributed by atoms with Crippen LogP contribution in [-0.2, 0) is 0 Å². The Morgan fingerprint density at radius 2 is 1.84 bits per heavy atom. The van der Waals surface area contributed by atoms with E-state index in [1.165, 1.54) is 6.42 Å². The first kappa shape index (κ1) is 17.4. The second-order valence-electron chi connectivity index (χ2n) is 6.46. The summed E-state index contributed by atoms with van der Waals surface area (Å²) in [6.45, 7) is 0.183. The van der Waals surface area contributed by atoms with Crippen molar-refractivity contribution >= 4 is 17.4 Å². The smallest absolute Gasteiger partial charge is 0.276 e. The molecule has 6 heteroatoms. The molecule has 3 rings (SSSR count). The molecule has 25 heavy (non-hydrogen) atoms. The molecule has 6 nitrogen and oxygen atoms in total. The van der Waals surface area contributed by atoms with Crippen LogP contribution < -0.4 is 10.6 Å². The lowest BCUT2D eigenvalue weighted by Crippen LogP contribution is -2.31. The van der Waals surface area contributed by atoms with Gasteiger partial charge in [0.1, 0.15) is 5.82 Å². The van der Waals surface area contributed by atoms with E-state index < -0.39 is 0 Å². The highest BCUT2D eigenvalue weighted by Gasteiger charge is 2.23. The Labute approximate surface area is 147 Å². The van der Waals surface area contributed by atoms with Crippen LogP contribution in [0.25, 0.3) is 0 Å². The zero-order chi connectivity index (χ0) is 17.5. The second kappa shape index (κ2) is 8.58. The summed E-state index contributed by atoms with van der Waals surface area (Å²) in [5.41, 5.74) is 0.995. The zero-order valence-electron chi connectivity index (χ0n) is 14.2. The largest absolute Gasteiger partial charge is 0.396 e. The molecule has 3 N–H and O–H groups in total. The molecule has 0 aliphatic heterocycles. The first-order valence-electron chi connectivity index (χ1n) is 8.84. The van der Waals surface area contributed by atoms with Gasteiger partial charge in [0.2, 0.25) is 0 Å². The normalized spacial score (nSPS) is 20.5. The average Bonchev–Trinajstić information content (AvgIpc) is 2.88. The van der Waals surface area contributed by atoms with Crippen molar-refractivity contribution < 1.29 is 9.90 Å². The minimum Gasteiger partial charge on any atom is -0.396 e. The van der Waals surface area contributed by atoms with Crippen LogP contribution in [-0.4, -0.2) is 33.9 Å². The van der Waals surface area contributed by atoms with Crippen molar-refractivity contribution in [1.82, 2.24) is 10.2 Å². The maximum atomic E-state index is 12.2. The molecule has 2 atom stereocenters. The van der Waals surface area contributed by atoms with Gasteiger partial charge in [-0.05, 0) is 37.1 Å². The molecule has 1 aliphatic rings. The molecule has 0 radical (unpaired) electrons. The Kier molecular flexibility index (Phi) is 5.95. The van der Waals surface area contributed by atoms with E-state index in [1.54, 1.807) is 12.1 Å². The summed E-state index contributed by atoms with van der Waals surface area (Å²) in [4.78, 5) is 12.2. The number of nitrogens with zero attached hydrogens (tertiary/aromatic N) is 2. The number of benzene rings is 1. The van der Waals surface area contributed by atoms with E-state index >= 15 is 0 Å². The number of anilines is 2. The SMILES string of the molecule is O=C(Nc1ccccc1)c1ccc(N[C@@H]2CCCCC[C@H]2CO)nn1. The standard InChI is InChI=1S/C19H24N4O2/c24-13-14-7-3-1-6-10-16(14)21-18-12-11-17(22-23-18)19(25)20-15-8-4-2-5-9-15/h2,4-5,8-9,11-12,14,16,24H,1,3,6-7,10,13H2,(H,20,25)(H,21,23)/t14-,16+/m0/s1. The maximum absolute atomic E-state index is 12.2. The monoisotopic (exact) mass is 340 g/mol. The minimum atomic E-state index is -0.284. The molecule has 1 aliphatic carbocycles. The fourth-order valence-corrected chi connectivity index (χ4v) is 3.23. The molecular formula is C19H24N4O2. The number of nitrogens with one attached hydrogen (secondary N) is 2. The van der Waals surface area contributed by atoms with Gasteiger partial charge in [0.15, 0.2) is 5.69 Å². The van der Waals surface area contributed by atoms with E-state index in [-0.39, 0.29) is 30.2 Å². The van der Waals surface area contributed by atoms with Gasteiger partial charge >= 0.3 is 0 Å². The van der Waals surface area contributed by atoms with Crippen LogP contribution in [0, 0.1) is 5.92 Å². The van der Waals surface area contributed by atoms with Crippen molar-refractivity contribution in [2.24, 2.45) is 5.92 Å². The van der Waals surface area contributed by atoms with Gasteiger partial charge in [-0.15, -0.1) is 10.2 Å². The number of aliphatic hydroxyl groups is 1. The molecule has 0 spiro atoms. The van der Waals surface area contributed by atoms with Gasteiger partial charge in [-0.3, -0.25) is 4.79 Å². The van der Waals surface area contributed by atoms with Crippen molar-refractivity contribution in [3.8, 4) is 0 Å². The molecule has 2 aromatic rings. The lowest BCUT2D eigenvalue weighted by Gasteiger charge is -2.24. The lowest BCUT2D eigenvalue weighted by atomic mass is 9.96. The molecule has 0 bridgehead atoms. The number of aromatic nitrogens is 2.